The summed E-state index contributed by atoms with van der Waals surface area (Å²) in [4.78, 5) is 0.00212. The highest BCUT2D eigenvalue weighted by atomic mass is 32.2. The van der Waals surface area contributed by atoms with Crippen molar-refractivity contribution in [1.29, 1.82) is 0 Å². The molecular formula is C9H18N2O3S2. The zero-order valence-corrected chi connectivity index (χ0v) is 11.4. The van der Waals surface area contributed by atoms with Gasteiger partial charge in [-0.1, -0.05) is 12.2 Å². The van der Waals surface area contributed by atoms with Crippen molar-refractivity contribution >= 4 is 27.2 Å². The Kier molecular flexibility index (Phi) is 3.94. The fourth-order valence-corrected chi connectivity index (χ4v) is 3.76. The van der Waals surface area contributed by atoms with Crippen LogP contribution in [-0.2, 0) is 14.8 Å². The molecule has 7 heteroatoms. The van der Waals surface area contributed by atoms with Gasteiger partial charge in [0.2, 0.25) is 10.0 Å². The van der Waals surface area contributed by atoms with E-state index in [1.54, 1.807) is 0 Å². The SMILES string of the molecule is CC(C(N)=S)S(=O)(=O)N1CCOCC1(C)C. The molecule has 0 spiro atoms. The number of rotatable bonds is 3. The summed E-state index contributed by atoms with van der Waals surface area (Å²) < 4.78 is 31.2. The number of ether oxygens (including phenoxy) is 1. The monoisotopic (exact) mass is 266 g/mol. The van der Waals surface area contributed by atoms with Gasteiger partial charge < -0.3 is 10.5 Å². The van der Waals surface area contributed by atoms with Crippen molar-refractivity contribution in [2.75, 3.05) is 19.8 Å². The summed E-state index contributed by atoms with van der Waals surface area (Å²) in [6.45, 7) is 6.32. The first kappa shape index (κ1) is 13.8. The predicted molar refractivity (Wildman–Crippen MR) is 66.8 cm³/mol. The molecule has 0 amide bonds. The van der Waals surface area contributed by atoms with Crippen molar-refractivity contribution in [1.82, 2.24) is 4.31 Å². The Morgan fingerprint density at radius 2 is 2.12 bits per heavy atom. The topological polar surface area (TPSA) is 72.6 Å². The van der Waals surface area contributed by atoms with E-state index in [1.807, 2.05) is 13.8 Å². The Labute approximate surface area is 102 Å². The molecule has 1 saturated heterocycles. The van der Waals surface area contributed by atoms with Crippen LogP contribution >= 0.6 is 12.2 Å². The van der Waals surface area contributed by atoms with Crippen molar-refractivity contribution in [2.45, 2.75) is 31.6 Å². The maximum atomic E-state index is 12.2. The molecule has 0 saturated carbocycles. The van der Waals surface area contributed by atoms with E-state index < -0.39 is 20.8 Å². The Morgan fingerprint density at radius 1 is 1.56 bits per heavy atom. The number of nitrogens with two attached hydrogens (primary N) is 1. The van der Waals surface area contributed by atoms with Gasteiger partial charge in [0, 0.05) is 6.54 Å². The van der Waals surface area contributed by atoms with Gasteiger partial charge >= 0.3 is 0 Å². The Bertz CT molecular complexity index is 378. The molecule has 1 rings (SSSR count). The van der Waals surface area contributed by atoms with Gasteiger partial charge in [-0.05, 0) is 20.8 Å². The molecule has 0 bridgehead atoms. The zero-order chi connectivity index (χ0) is 12.6. The van der Waals surface area contributed by atoms with Gasteiger partial charge in [-0.15, -0.1) is 0 Å². The van der Waals surface area contributed by atoms with E-state index >= 15 is 0 Å². The number of nitrogens with zero attached hydrogens (tertiary/aromatic N) is 1. The molecule has 1 unspecified atom stereocenters. The lowest BCUT2D eigenvalue weighted by Gasteiger charge is -2.41. The molecule has 0 aromatic heterocycles. The second-order valence-corrected chi connectivity index (χ2v) is 7.18. The minimum Gasteiger partial charge on any atom is -0.392 e. The molecule has 1 heterocycles. The lowest BCUT2D eigenvalue weighted by Crippen LogP contribution is -2.58. The molecule has 1 aliphatic rings. The number of hydrogen-bond acceptors (Lipinski definition) is 4. The van der Waals surface area contributed by atoms with Crippen LogP contribution in [0.4, 0.5) is 0 Å². The number of sulfonamides is 1. The van der Waals surface area contributed by atoms with Crippen molar-refractivity contribution < 1.29 is 13.2 Å². The summed E-state index contributed by atoms with van der Waals surface area (Å²) in [5.74, 6) is 0. The maximum absolute atomic E-state index is 12.2. The molecule has 0 aromatic carbocycles. The van der Waals surface area contributed by atoms with Crippen LogP contribution in [0.25, 0.3) is 0 Å². The quantitative estimate of drug-likeness (QED) is 0.734. The predicted octanol–water partition coefficient (Wildman–Crippen LogP) is 0.102. The molecule has 2 N–H and O–H groups in total. The maximum Gasteiger partial charge on any atom is 0.223 e. The van der Waals surface area contributed by atoms with Crippen LogP contribution in [-0.4, -0.2) is 48.3 Å². The van der Waals surface area contributed by atoms with Gasteiger partial charge in [0.25, 0.3) is 0 Å². The van der Waals surface area contributed by atoms with E-state index in [1.165, 1.54) is 11.2 Å². The van der Waals surface area contributed by atoms with Crippen molar-refractivity contribution in [3.8, 4) is 0 Å². The Balaban J connectivity index is 3.03. The molecule has 1 atom stereocenters. The number of morpholine rings is 1. The van der Waals surface area contributed by atoms with Crippen molar-refractivity contribution in [3.63, 3.8) is 0 Å². The Hall–Kier alpha value is -0.240. The van der Waals surface area contributed by atoms with Gasteiger partial charge in [-0.3, -0.25) is 0 Å². The van der Waals surface area contributed by atoms with Crippen LogP contribution in [0.5, 0.6) is 0 Å². The summed E-state index contributed by atoms with van der Waals surface area (Å²) in [5, 5.41) is -0.833. The first-order valence-corrected chi connectivity index (χ1v) is 6.99. The van der Waals surface area contributed by atoms with Gasteiger partial charge in [0.1, 0.15) is 5.25 Å². The van der Waals surface area contributed by atoms with E-state index in [4.69, 9.17) is 22.7 Å². The molecule has 16 heavy (non-hydrogen) atoms. The van der Waals surface area contributed by atoms with Crippen LogP contribution in [0.15, 0.2) is 0 Å². The smallest absolute Gasteiger partial charge is 0.223 e. The van der Waals surface area contributed by atoms with Gasteiger partial charge in [-0.25, -0.2) is 8.42 Å². The van der Waals surface area contributed by atoms with Gasteiger partial charge in [0.05, 0.1) is 23.7 Å². The Morgan fingerprint density at radius 3 is 2.56 bits per heavy atom. The zero-order valence-electron chi connectivity index (χ0n) is 9.76. The third kappa shape index (κ3) is 2.53. The largest absolute Gasteiger partial charge is 0.392 e. The first-order valence-electron chi connectivity index (χ1n) is 5.08. The van der Waals surface area contributed by atoms with Gasteiger partial charge in [0.15, 0.2) is 0 Å². The van der Waals surface area contributed by atoms with E-state index in [-0.39, 0.29) is 4.99 Å². The van der Waals surface area contributed by atoms with Crippen LogP contribution in [0, 0.1) is 0 Å². The van der Waals surface area contributed by atoms with Crippen LogP contribution in [0.3, 0.4) is 0 Å². The second-order valence-electron chi connectivity index (χ2n) is 4.53. The standard InChI is InChI=1S/C9H18N2O3S2/c1-7(8(10)15)16(12,13)11-4-5-14-6-9(11,2)3/h7H,4-6H2,1-3H3,(H2,10,15). The average Bonchev–Trinajstić information content (AvgIpc) is 2.15. The summed E-state index contributed by atoms with van der Waals surface area (Å²) in [6, 6.07) is 0. The summed E-state index contributed by atoms with van der Waals surface area (Å²) in [7, 11) is -3.48. The van der Waals surface area contributed by atoms with Crippen LogP contribution in [0.1, 0.15) is 20.8 Å². The molecule has 0 aromatic rings. The fraction of sp³-hybridized carbons (Fsp3) is 0.889. The molecule has 94 valence electrons. The average molecular weight is 266 g/mol. The third-order valence-electron chi connectivity index (χ3n) is 2.72. The minimum atomic E-state index is -3.48. The summed E-state index contributed by atoms with van der Waals surface area (Å²) >= 11 is 4.75. The second kappa shape index (κ2) is 4.56. The summed E-state index contributed by atoms with van der Waals surface area (Å²) in [6.07, 6.45) is 0. The van der Waals surface area contributed by atoms with Crippen LogP contribution in [0.2, 0.25) is 0 Å². The van der Waals surface area contributed by atoms with E-state index in [9.17, 15) is 8.42 Å². The van der Waals surface area contributed by atoms with E-state index in [0.717, 1.165) is 0 Å². The third-order valence-corrected chi connectivity index (χ3v) is 5.67. The van der Waals surface area contributed by atoms with Gasteiger partial charge in [-0.2, -0.15) is 4.31 Å². The molecule has 5 nitrogen and oxygen atoms in total. The van der Waals surface area contributed by atoms with E-state index in [0.29, 0.717) is 19.8 Å². The lowest BCUT2D eigenvalue weighted by molar-refractivity contribution is -0.00783. The molecule has 0 aliphatic carbocycles. The molecular weight excluding hydrogens is 248 g/mol. The number of hydrogen-bond donors (Lipinski definition) is 1. The molecule has 1 aliphatic heterocycles. The normalized spacial score (nSPS) is 23.9. The molecule has 1 fully saturated rings. The summed E-state index contributed by atoms with van der Waals surface area (Å²) in [5.41, 5.74) is 4.87. The van der Waals surface area contributed by atoms with Crippen LogP contribution < -0.4 is 5.73 Å². The highest BCUT2D eigenvalue weighted by Crippen LogP contribution is 2.25. The molecule has 0 radical (unpaired) electrons. The van der Waals surface area contributed by atoms with E-state index in [2.05, 4.69) is 0 Å². The van der Waals surface area contributed by atoms with Crippen molar-refractivity contribution in [2.24, 2.45) is 5.73 Å². The van der Waals surface area contributed by atoms with Crippen molar-refractivity contribution in [3.05, 3.63) is 0 Å². The lowest BCUT2D eigenvalue weighted by atomic mass is 10.1. The highest BCUT2D eigenvalue weighted by molar-refractivity contribution is 7.92. The first-order chi connectivity index (χ1) is 7.19. The highest BCUT2D eigenvalue weighted by Gasteiger charge is 2.42. The minimum absolute atomic E-state index is 0.00212. The fourth-order valence-electron chi connectivity index (χ4n) is 1.65. The number of thiocarbonyl (C=S) groups is 1.